The number of ether oxygens (including phenoxy) is 1. The van der Waals surface area contributed by atoms with Crippen molar-refractivity contribution in [3.05, 3.63) is 89.5 Å². The van der Waals surface area contributed by atoms with Crippen LogP contribution in [0.1, 0.15) is 82.1 Å². The molecule has 0 radical (unpaired) electrons. The molecule has 4 saturated heterocycles. The minimum atomic E-state index is -0.982. The predicted molar refractivity (Wildman–Crippen MR) is 241 cm³/mol. The molecule has 10 rings (SSSR count). The standard InChI is InChI=1S/C48H54N10O7/c49-43(60)41-42(32-6-9-35(10-7-32)65-34-4-2-1-3-5-34)52-58-38(14-19-50-44(41)58)31-17-22-55(23-18-31)48(64)56-26-24-53(25-27-56)29-30-15-20-54(21-16-30)33-8-11-36-37(28-33)47(63)57(46(36)62)39-12-13-40(59)51-45(39)61/h1-11,28,30-31,38-39,50H,12-27,29H2,(H2,49,60)(H,51,59,61). The number of hydrogen-bond acceptors (Lipinski definition) is 11. The van der Waals surface area contributed by atoms with E-state index in [1.54, 1.807) is 12.1 Å². The van der Waals surface area contributed by atoms with Crippen LogP contribution in [0.4, 0.5) is 16.3 Å². The molecule has 4 aromatic rings. The lowest BCUT2D eigenvalue weighted by molar-refractivity contribution is -0.136. The fourth-order valence-corrected chi connectivity index (χ4v) is 10.7. The average molecular weight is 883 g/mol. The summed E-state index contributed by atoms with van der Waals surface area (Å²) in [6, 6.07) is 21.6. The number of carbonyl (C=O) groups is 6. The molecule has 338 valence electrons. The molecule has 0 saturated carbocycles. The van der Waals surface area contributed by atoms with E-state index in [9.17, 15) is 28.8 Å². The number of primary amides is 1. The zero-order valence-corrected chi connectivity index (χ0v) is 36.3. The highest BCUT2D eigenvalue weighted by Gasteiger charge is 2.45. The lowest BCUT2D eigenvalue weighted by Gasteiger charge is -2.42. The Morgan fingerprint density at radius 2 is 1.43 bits per heavy atom. The van der Waals surface area contributed by atoms with Crippen molar-refractivity contribution in [2.45, 2.75) is 57.0 Å². The van der Waals surface area contributed by atoms with Crippen LogP contribution in [-0.2, 0) is 9.59 Å². The number of nitrogens with one attached hydrogen (secondary N) is 2. The maximum absolute atomic E-state index is 13.8. The van der Waals surface area contributed by atoms with Gasteiger partial charge in [-0.3, -0.25) is 39.1 Å². The van der Waals surface area contributed by atoms with Crippen molar-refractivity contribution >= 4 is 47.1 Å². The van der Waals surface area contributed by atoms with Gasteiger partial charge in [0.1, 0.15) is 34.6 Å². The number of likely N-dealkylation sites (tertiary alicyclic amines) is 1. The quantitative estimate of drug-likeness (QED) is 0.200. The number of aromatic nitrogens is 2. The first kappa shape index (κ1) is 42.2. The number of carbonyl (C=O) groups excluding carboxylic acids is 6. The van der Waals surface area contributed by atoms with Crippen LogP contribution in [0, 0.1) is 11.8 Å². The molecule has 17 heteroatoms. The number of piperazine rings is 1. The summed E-state index contributed by atoms with van der Waals surface area (Å²) < 4.78 is 7.95. The molecule has 7 heterocycles. The maximum atomic E-state index is 13.8. The molecule has 2 atom stereocenters. The summed E-state index contributed by atoms with van der Waals surface area (Å²) in [7, 11) is 0. The summed E-state index contributed by atoms with van der Waals surface area (Å²) >= 11 is 0. The second kappa shape index (κ2) is 17.7. The Morgan fingerprint density at radius 1 is 0.738 bits per heavy atom. The molecule has 4 N–H and O–H groups in total. The number of imide groups is 2. The topological polar surface area (TPSA) is 196 Å². The number of para-hydroxylation sites is 1. The van der Waals surface area contributed by atoms with Gasteiger partial charge in [-0.1, -0.05) is 18.2 Å². The third-order valence-corrected chi connectivity index (χ3v) is 14.2. The molecule has 2 unspecified atom stereocenters. The van der Waals surface area contributed by atoms with E-state index < -0.39 is 35.6 Å². The first-order valence-electron chi connectivity index (χ1n) is 23.0. The third-order valence-electron chi connectivity index (χ3n) is 14.2. The normalized spacial score (nSPS) is 22.1. The minimum absolute atomic E-state index is 0.0764. The van der Waals surface area contributed by atoms with Crippen molar-refractivity contribution in [3.8, 4) is 22.8 Å². The minimum Gasteiger partial charge on any atom is -0.457 e. The summed E-state index contributed by atoms with van der Waals surface area (Å²) in [5.41, 5.74) is 9.17. The van der Waals surface area contributed by atoms with Crippen molar-refractivity contribution in [3.63, 3.8) is 0 Å². The SMILES string of the molecule is NC(=O)c1c(-c2ccc(Oc3ccccc3)cc2)nn2c1NCCC2C1CCN(C(=O)N2CCN(CC3CCN(c4ccc5c(c4)C(=O)N(C4CCC(=O)NC4=O)C5=O)CC3)CC2)CC1. The van der Waals surface area contributed by atoms with E-state index in [0.29, 0.717) is 72.9 Å². The molecule has 0 bridgehead atoms. The predicted octanol–water partition coefficient (Wildman–Crippen LogP) is 4.57. The van der Waals surface area contributed by atoms with Crippen molar-refractivity contribution in [1.82, 2.24) is 34.7 Å². The molecule has 0 aliphatic carbocycles. The summed E-state index contributed by atoms with van der Waals surface area (Å²) in [5.74, 6) is 0.352. The smallest absolute Gasteiger partial charge is 0.320 e. The van der Waals surface area contributed by atoms with Gasteiger partial charge in [0.2, 0.25) is 11.8 Å². The van der Waals surface area contributed by atoms with Gasteiger partial charge >= 0.3 is 6.03 Å². The number of nitrogens with two attached hydrogens (primary N) is 1. The molecule has 4 fully saturated rings. The first-order chi connectivity index (χ1) is 31.6. The fraction of sp³-hybridized carbons (Fsp3) is 0.438. The molecular formula is C48H54N10O7. The highest BCUT2D eigenvalue weighted by molar-refractivity contribution is 6.23. The lowest BCUT2D eigenvalue weighted by atomic mass is 9.87. The maximum Gasteiger partial charge on any atom is 0.320 e. The van der Waals surface area contributed by atoms with Gasteiger partial charge in [0.15, 0.2) is 0 Å². The Balaban J connectivity index is 0.690. The van der Waals surface area contributed by atoms with Gasteiger partial charge in [0.05, 0.1) is 17.2 Å². The average Bonchev–Trinajstić information content (AvgIpc) is 3.84. The summed E-state index contributed by atoms with van der Waals surface area (Å²) in [6.07, 6.45) is 4.75. The molecule has 7 amide bonds. The van der Waals surface area contributed by atoms with Gasteiger partial charge in [0.25, 0.3) is 17.7 Å². The van der Waals surface area contributed by atoms with Gasteiger partial charge in [-0.2, -0.15) is 5.10 Å². The zero-order valence-electron chi connectivity index (χ0n) is 36.3. The van der Waals surface area contributed by atoms with Crippen LogP contribution in [0.5, 0.6) is 11.5 Å². The van der Waals surface area contributed by atoms with E-state index in [4.69, 9.17) is 15.6 Å². The Morgan fingerprint density at radius 3 is 2.14 bits per heavy atom. The van der Waals surface area contributed by atoms with Crippen LogP contribution in [-0.4, -0.2) is 136 Å². The Bertz CT molecular complexity index is 2500. The van der Waals surface area contributed by atoms with Crippen molar-refractivity contribution in [2.75, 3.05) is 75.7 Å². The van der Waals surface area contributed by atoms with E-state index in [0.717, 1.165) is 86.7 Å². The van der Waals surface area contributed by atoms with Gasteiger partial charge < -0.3 is 30.5 Å². The Labute approximate surface area is 376 Å². The molecule has 6 aliphatic heterocycles. The van der Waals surface area contributed by atoms with Crippen molar-refractivity contribution in [1.29, 1.82) is 0 Å². The monoisotopic (exact) mass is 882 g/mol. The van der Waals surface area contributed by atoms with Crippen LogP contribution in [0.3, 0.4) is 0 Å². The van der Waals surface area contributed by atoms with Gasteiger partial charge in [-0.15, -0.1) is 0 Å². The Hall–Kier alpha value is -6.75. The number of piperidine rings is 3. The number of benzene rings is 3. The highest BCUT2D eigenvalue weighted by Crippen LogP contribution is 2.41. The number of hydrogen-bond donors (Lipinski definition) is 3. The molecule has 1 aromatic heterocycles. The van der Waals surface area contributed by atoms with Crippen LogP contribution < -0.4 is 26.0 Å². The van der Waals surface area contributed by atoms with E-state index in [1.807, 2.05) is 75.1 Å². The molecule has 3 aromatic carbocycles. The van der Waals surface area contributed by atoms with Crippen LogP contribution in [0.2, 0.25) is 0 Å². The van der Waals surface area contributed by atoms with Gasteiger partial charge in [-0.05, 0) is 105 Å². The van der Waals surface area contributed by atoms with E-state index in [1.165, 1.54) is 0 Å². The number of nitrogens with zero attached hydrogens (tertiary/aromatic N) is 7. The second-order valence-corrected chi connectivity index (χ2v) is 18.1. The first-order valence-corrected chi connectivity index (χ1v) is 23.0. The number of fused-ring (bicyclic) bond motifs is 2. The van der Waals surface area contributed by atoms with Gasteiger partial charge in [-0.25, -0.2) is 9.48 Å². The third kappa shape index (κ3) is 8.28. The molecule has 65 heavy (non-hydrogen) atoms. The van der Waals surface area contributed by atoms with Crippen LogP contribution in [0.15, 0.2) is 72.8 Å². The Kier molecular flexibility index (Phi) is 11.5. The second-order valence-electron chi connectivity index (χ2n) is 18.1. The summed E-state index contributed by atoms with van der Waals surface area (Å²) in [5, 5.41) is 10.7. The molecular weight excluding hydrogens is 829 g/mol. The van der Waals surface area contributed by atoms with E-state index in [-0.39, 0.29) is 30.5 Å². The molecule has 17 nitrogen and oxygen atoms in total. The molecule has 0 spiro atoms. The largest absolute Gasteiger partial charge is 0.457 e. The number of anilines is 2. The molecule has 6 aliphatic rings. The highest BCUT2D eigenvalue weighted by atomic mass is 16.5. The van der Waals surface area contributed by atoms with Crippen molar-refractivity contribution in [2.24, 2.45) is 17.6 Å². The van der Waals surface area contributed by atoms with E-state index >= 15 is 0 Å². The zero-order chi connectivity index (χ0) is 44.8. The van der Waals surface area contributed by atoms with Crippen molar-refractivity contribution < 1.29 is 33.5 Å². The number of urea groups is 1. The fourth-order valence-electron chi connectivity index (χ4n) is 10.7. The lowest BCUT2D eigenvalue weighted by Crippen LogP contribution is -2.55. The summed E-state index contributed by atoms with van der Waals surface area (Å²) in [6.45, 7) is 7.72. The number of amides is 7. The summed E-state index contributed by atoms with van der Waals surface area (Å²) in [4.78, 5) is 87.1. The van der Waals surface area contributed by atoms with E-state index in [2.05, 4.69) is 20.4 Å². The van der Waals surface area contributed by atoms with Crippen LogP contribution in [0.25, 0.3) is 11.3 Å². The number of rotatable bonds is 9. The van der Waals surface area contributed by atoms with Gasteiger partial charge in [0, 0.05) is 83.1 Å². The van der Waals surface area contributed by atoms with Crippen LogP contribution >= 0.6 is 0 Å².